The molecule has 17 heavy (non-hydrogen) atoms. The molecule has 0 aliphatic carbocycles. The van der Waals surface area contributed by atoms with Crippen LogP contribution >= 0.6 is 22.9 Å². The van der Waals surface area contributed by atoms with Crippen molar-refractivity contribution in [3.63, 3.8) is 0 Å². The summed E-state index contributed by atoms with van der Waals surface area (Å²) < 4.78 is 0. The summed E-state index contributed by atoms with van der Waals surface area (Å²) in [6.45, 7) is 0. The third kappa shape index (κ3) is 1.70. The first-order chi connectivity index (χ1) is 8.27. The molecule has 0 spiro atoms. The molecule has 1 aromatic heterocycles. The molecule has 1 nitrogen and oxygen atoms in total. The summed E-state index contributed by atoms with van der Waals surface area (Å²) in [6, 6.07) is 13.7. The molecule has 0 aliphatic heterocycles. The quantitative estimate of drug-likeness (QED) is 0.658. The second kappa shape index (κ2) is 4.06. The second-order valence-corrected chi connectivity index (χ2v) is 5.11. The minimum atomic E-state index is 0.160. The normalized spacial score (nSPS) is 10.9. The molecule has 2 aromatic carbocycles. The number of phenols is 1. The van der Waals surface area contributed by atoms with Gasteiger partial charge in [0.2, 0.25) is 0 Å². The summed E-state index contributed by atoms with van der Waals surface area (Å²) in [6.07, 6.45) is 0. The lowest BCUT2D eigenvalue weighted by atomic mass is 10.0. The second-order valence-electron chi connectivity index (χ2n) is 3.79. The van der Waals surface area contributed by atoms with E-state index in [2.05, 4.69) is 0 Å². The highest BCUT2D eigenvalue weighted by Crippen LogP contribution is 2.41. The Hall–Kier alpha value is -1.51. The molecule has 0 amide bonds. The molecule has 0 unspecified atom stereocenters. The summed E-state index contributed by atoms with van der Waals surface area (Å²) in [5.41, 5.74) is 0.795. The van der Waals surface area contributed by atoms with Gasteiger partial charge >= 0.3 is 0 Å². The Morgan fingerprint density at radius 1 is 1.06 bits per heavy atom. The molecule has 3 rings (SSSR count). The number of thiophene rings is 1. The van der Waals surface area contributed by atoms with Gasteiger partial charge in [-0.25, -0.2) is 0 Å². The summed E-state index contributed by atoms with van der Waals surface area (Å²) in [4.78, 5) is 1.02. The van der Waals surface area contributed by atoms with E-state index in [1.807, 2.05) is 47.8 Å². The van der Waals surface area contributed by atoms with Crippen LogP contribution in [0, 0.1) is 0 Å². The Labute approximate surface area is 108 Å². The fourth-order valence-electron chi connectivity index (χ4n) is 1.91. The molecule has 0 atom stereocenters. The Bertz CT molecular complexity index is 674. The van der Waals surface area contributed by atoms with E-state index in [1.165, 1.54) is 0 Å². The maximum absolute atomic E-state index is 10.1. The van der Waals surface area contributed by atoms with Crippen LogP contribution in [-0.2, 0) is 0 Å². The van der Waals surface area contributed by atoms with Crippen LogP contribution in [-0.4, -0.2) is 5.11 Å². The molecular formula is C14H9ClOS. The molecule has 0 bridgehead atoms. The van der Waals surface area contributed by atoms with Gasteiger partial charge in [-0.2, -0.15) is 0 Å². The van der Waals surface area contributed by atoms with E-state index in [1.54, 1.807) is 11.3 Å². The Morgan fingerprint density at radius 2 is 1.88 bits per heavy atom. The number of phenolic OH excluding ortho intramolecular Hbond substituents is 1. The minimum absolute atomic E-state index is 0.160. The average Bonchev–Trinajstić information content (AvgIpc) is 2.87. The lowest BCUT2D eigenvalue weighted by Gasteiger charge is -2.08. The largest absolute Gasteiger partial charge is 0.506 e. The van der Waals surface area contributed by atoms with Crippen molar-refractivity contribution in [1.29, 1.82) is 0 Å². The number of aromatic hydroxyl groups is 1. The van der Waals surface area contributed by atoms with Gasteiger partial charge in [-0.05, 0) is 22.9 Å². The summed E-state index contributed by atoms with van der Waals surface area (Å²) in [7, 11) is 0. The van der Waals surface area contributed by atoms with Crippen LogP contribution in [0.4, 0.5) is 0 Å². The van der Waals surface area contributed by atoms with Crippen LogP contribution in [0.25, 0.3) is 21.2 Å². The highest BCUT2D eigenvalue weighted by atomic mass is 35.5. The van der Waals surface area contributed by atoms with E-state index >= 15 is 0 Å². The van der Waals surface area contributed by atoms with Gasteiger partial charge in [-0.1, -0.05) is 41.9 Å². The van der Waals surface area contributed by atoms with Gasteiger partial charge in [-0.15, -0.1) is 11.3 Å². The molecule has 1 N–H and O–H groups in total. The Balaban J connectivity index is 2.37. The Morgan fingerprint density at radius 3 is 2.65 bits per heavy atom. The van der Waals surface area contributed by atoms with Crippen molar-refractivity contribution in [2.45, 2.75) is 0 Å². The highest BCUT2D eigenvalue weighted by Gasteiger charge is 2.12. The summed E-state index contributed by atoms with van der Waals surface area (Å²) >= 11 is 7.79. The maximum Gasteiger partial charge on any atom is 0.143 e. The van der Waals surface area contributed by atoms with Gasteiger partial charge in [0, 0.05) is 15.8 Å². The Kier molecular flexibility index (Phi) is 2.54. The van der Waals surface area contributed by atoms with Gasteiger partial charge in [0.15, 0.2) is 0 Å². The molecule has 0 saturated carbocycles. The smallest absolute Gasteiger partial charge is 0.143 e. The lowest BCUT2D eigenvalue weighted by Crippen LogP contribution is -1.80. The van der Waals surface area contributed by atoms with Gasteiger partial charge in [0.25, 0.3) is 0 Å². The first-order valence-electron chi connectivity index (χ1n) is 5.21. The van der Waals surface area contributed by atoms with Crippen molar-refractivity contribution < 1.29 is 5.11 Å². The average molecular weight is 261 g/mol. The molecule has 1 heterocycles. The summed E-state index contributed by atoms with van der Waals surface area (Å²) in [5, 5.41) is 14.5. The molecule has 0 fully saturated rings. The van der Waals surface area contributed by atoms with E-state index in [4.69, 9.17) is 11.6 Å². The SMILES string of the molecule is Oc1c(-c2cccs2)cc2ccccc2c1Cl. The van der Waals surface area contributed by atoms with E-state index in [9.17, 15) is 5.11 Å². The van der Waals surface area contributed by atoms with E-state index < -0.39 is 0 Å². The van der Waals surface area contributed by atoms with E-state index in [-0.39, 0.29) is 5.75 Å². The molecule has 3 aromatic rings. The van der Waals surface area contributed by atoms with Gasteiger partial charge in [-0.3, -0.25) is 0 Å². The first kappa shape index (κ1) is 10.6. The van der Waals surface area contributed by atoms with Crippen molar-refractivity contribution in [3.8, 4) is 16.2 Å². The fraction of sp³-hybridized carbons (Fsp3) is 0. The van der Waals surface area contributed by atoms with Crippen LogP contribution in [0.2, 0.25) is 5.02 Å². The lowest BCUT2D eigenvalue weighted by molar-refractivity contribution is 0.478. The monoisotopic (exact) mass is 260 g/mol. The predicted octanol–water partition coefficient (Wildman–Crippen LogP) is 4.93. The number of hydrogen-bond acceptors (Lipinski definition) is 2. The molecule has 0 radical (unpaired) electrons. The number of rotatable bonds is 1. The number of benzene rings is 2. The fourth-order valence-corrected chi connectivity index (χ4v) is 2.93. The van der Waals surface area contributed by atoms with Crippen molar-refractivity contribution >= 4 is 33.7 Å². The van der Waals surface area contributed by atoms with Gasteiger partial charge in [0.1, 0.15) is 5.75 Å². The minimum Gasteiger partial charge on any atom is -0.506 e. The predicted molar refractivity (Wildman–Crippen MR) is 73.9 cm³/mol. The maximum atomic E-state index is 10.1. The van der Waals surface area contributed by atoms with Crippen molar-refractivity contribution in [2.75, 3.05) is 0 Å². The number of hydrogen-bond donors (Lipinski definition) is 1. The number of halogens is 1. The van der Waals surface area contributed by atoms with Crippen LogP contribution in [0.3, 0.4) is 0 Å². The zero-order valence-electron chi connectivity index (χ0n) is 8.85. The number of fused-ring (bicyclic) bond motifs is 1. The molecule has 0 aliphatic rings. The van der Waals surface area contributed by atoms with E-state index in [0.29, 0.717) is 5.02 Å². The van der Waals surface area contributed by atoms with Crippen LogP contribution in [0.15, 0.2) is 47.8 Å². The molecular weight excluding hydrogens is 252 g/mol. The van der Waals surface area contributed by atoms with Crippen molar-refractivity contribution in [2.24, 2.45) is 0 Å². The molecule has 84 valence electrons. The topological polar surface area (TPSA) is 20.2 Å². The van der Waals surface area contributed by atoms with Crippen molar-refractivity contribution in [1.82, 2.24) is 0 Å². The summed E-state index contributed by atoms with van der Waals surface area (Å²) in [5.74, 6) is 0.160. The van der Waals surface area contributed by atoms with Crippen molar-refractivity contribution in [3.05, 3.63) is 52.9 Å². The zero-order chi connectivity index (χ0) is 11.8. The van der Waals surface area contributed by atoms with Crippen LogP contribution < -0.4 is 0 Å². The third-order valence-electron chi connectivity index (χ3n) is 2.75. The third-order valence-corrected chi connectivity index (χ3v) is 4.03. The zero-order valence-corrected chi connectivity index (χ0v) is 10.4. The van der Waals surface area contributed by atoms with Crippen LogP contribution in [0.5, 0.6) is 5.75 Å². The van der Waals surface area contributed by atoms with Crippen LogP contribution in [0.1, 0.15) is 0 Å². The standard InChI is InChI=1S/C14H9ClOS/c15-13-10-5-2-1-4-9(10)8-11(14(13)16)12-6-3-7-17-12/h1-8,16H. The molecule has 3 heteroatoms. The highest BCUT2D eigenvalue weighted by molar-refractivity contribution is 7.13. The van der Waals surface area contributed by atoms with Gasteiger partial charge in [0.05, 0.1) is 5.02 Å². The van der Waals surface area contributed by atoms with Gasteiger partial charge < -0.3 is 5.11 Å². The van der Waals surface area contributed by atoms with E-state index in [0.717, 1.165) is 21.2 Å². The first-order valence-corrected chi connectivity index (χ1v) is 6.47. The molecule has 0 saturated heterocycles.